The minimum atomic E-state index is -0.873. The molecule has 0 aliphatic carbocycles. The van der Waals surface area contributed by atoms with Crippen molar-refractivity contribution in [2.24, 2.45) is 0 Å². The van der Waals surface area contributed by atoms with E-state index in [1.807, 2.05) is 0 Å². The Bertz CT molecular complexity index is 243. The zero-order valence-electron chi connectivity index (χ0n) is 7.10. The molecule has 13 heavy (non-hydrogen) atoms. The number of hydrogen-bond donors (Lipinski definition) is 2. The number of halogens is 1. The summed E-state index contributed by atoms with van der Waals surface area (Å²) in [6.45, 7) is 0. The normalized spacial score (nSPS) is 15.3. The quantitative estimate of drug-likeness (QED) is 0.718. The summed E-state index contributed by atoms with van der Waals surface area (Å²) in [4.78, 5) is 3.81. The molecule has 1 heterocycles. The number of aromatic nitrogens is 1. The van der Waals surface area contributed by atoms with Gasteiger partial charge in [0, 0.05) is 18.3 Å². The van der Waals surface area contributed by atoms with Crippen LogP contribution < -0.4 is 0 Å². The van der Waals surface area contributed by atoms with Gasteiger partial charge in [0.1, 0.15) is 6.10 Å². The number of rotatable bonds is 4. The van der Waals surface area contributed by atoms with Crippen molar-refractivity contribution in [3.63, 3.8) is 0 Å². The average molecular weight is 202 g/mol. The van der Waals surface area contributed by atoms with E-state index in [2.05, 4.69) is 4.98 Å². The molecule has 0 aliphatic rings. The molecule has 0 saturated heterocycles. The van der Waals surface area contributed by atoms with E-state index in [9.17, 15) is 10.2 Å². The van der Waals surface area contributed by atoms with Crippen molar-refractivity contribution in [2.75, 3.05) is 5.88 Å². The van der Waals surface area contributed by atoms with Crippen molar-refractivity contribution in [3.8, 4) is 0 Å². The van der Waals surface area contributed by atoms with E-state index in [4.69, 9.17) is 11.6 Å². The van der Waals surface area contributed by atoms with Crippen LogP contribution in [0.3, 0.4) is 0 Å². The molecule has 2 atom stereocenters. The van der Waals surface area contributed by atoms with Gasteiger partial charge in [0.15, 0.2) is 0 Å². The van der Waals surface area contributed by atoms with E-state index in [1.54, 1.807) is 24.5 Å². The van der Waals surface area contributed by atoms with E-state index < -0.39 is 12.2 Å². The third-order valence-corrected chi connectivity index (χ3v) is 2.04. The van der Waals surface area contributed by atoms with Gasteiger partial charge in [0.25, 0.3) is 0 Å². The molecule has 0 amide bonds. The second kappa shape index (κ2) is 5.17. The van der Waals surface area contributed by atoms with Gasteiger partial charge >= 0.3 is 0 Å². The van der Waals surface area contributed by atoms with Crippen LogP contribution in [0.5, 0.6) is 0 Å². The monoisotopic (exact) mass is 201 g/mol. The van der Waals surface area contributed by atoms with Crippen molar-refractivity contribution in [1.82, 2.24) is 4.98 Å². The lowest BCUT2D eigenvalue weighted by Crippen LogP contribution is -2.18. The molecule has 0 radical (unpaired) electrons. The van der Waals surface area contributed by atoms with E-state index in [0.717, 1.165) is 0 Å². The molecule has 3 nitrogen and oxygen atoms in total. The molecular weight excluding hydrogens is 190 g/mol. The fraction of sp³-hybridized carbons (Fsp3) is 0.444. The maximum atomic E-state index is 9.58. The summed E-state index contributed by atoms with van der Waals surface area (Å²) < 4.78 is 0. The highest BCUT2D eigenvalue weighted by atomic mass is 35.5. The summed E-state index contributed by atoms with van der Waals surface area (Å²) in [6, 6.07) is 3.34. The first-order valence-corrected chi connectivity index (χ1v) is 4.61. The van der Waals surface area contributed by atoms with Gasteiger partial charge in [-0.2, -0.15) is 0 Å². The Kier molecular flexibility index (Phi) is 4.15. The minimum absolute atomic E-state index is 0.337. The SMILES string of the molecule is OC(CCCl)C(O)c1ccncc1. The molecule has 0 aliphatic heterocycles. The van der Waals surface area contributed by atoms with Crippen molar-refractivity contribution in [1.29, 1.82) is 0 Å². The van der Waals surface area contributed by atoms with Gasteiger partial charge in [-0.3, -0.25) is 4.98 Å². The van der Waals surface area contributed by atoms with Crippen molar-refractivity contribution in [3.05, 3.63) is 30.1 Å². The highest BCUT2D eigenvalue weighted by Crippen LogP contribution is 2.17. The lowest BCUT2D eigenvalue weighted by Gasteiger charge is -2.16. The lowest BCUT2D eigenvalue weighted by molar-refractivity contribution is 0.0169. The van der Waals surface area contributed by atoms with Crippen LogP contribution in [0, 0.1) is 0 Å². The van der Waals surface area contributed by atoms with Gasteiger partial charge in [0.2, 0.25) is 0 Å². The van der Waals surface area contributed by atoms with Crippen molar-refractivity contribution >= 4 is 11.6 Å². The Balaban J connectivity index is 2.62. The predicted molar refractivity (Wildman–Crippen MR) is 50.5 cm³/mol. The first kappa shape index (κ1) is 10.4. The lowest BCUT2D eigenvalue weighted by atomic mass is 10.0. The minimum Gasteiger partial charge on any atom is -0.390 e. The summed E-state index contributed by atoms with van der Waals surface area (Å²) >= 11 is 5.44. The molecule has 1 aromatic heterocycles. The first-order chi connectivity index (χ1) is 6.25. The Hall–Kier alpha value is -0.640. The Labute approximate surface area is 82.0 Å². The standard InChI is InChI=1S/C9H12ClNO2/c10-4-1-8(12)9(13)7-2-5-11-6-3-7/h2-3,5-6,8-9,12-13H,1,4H2. The molecule has 0 fully saturated rings. The summed E-state index contributed by atoms with van der Waals surface area (Å²) in [6.07, 6.45) is 1.85. The first-order valence-electron chi connectivity index (χ1n) is 4.07. The third-order valence-electron chi connectivity index (χ3n) is 1.82. The summed E-state index contributed by atoms with van der Waals surface area (Å²) in [5.41, 5.74) is 0.660. The molecule has 1 aromatic rings. The topological polar surface area (TPSA) is 53.4 Å². The van der Waals surface area contributed by atoms with E-state index in [-0.39, 0.29) is 0 Å². The van der Waals surface area contributed by atoms with E-state index in [0.29, 0.717) is 17.9 Å². The number of alkyl halides is 1. The fourth-order valence-corrected chi connectivity index (χ4v) is 1.28. The molecule has 72 valence electrons. The van der Waals surface area contributed by atoms with Gasteiger partial charge < -0.3 is 10.2 Å². The van der Waals surface area contributed by atoms with Crippen LogP contribution in [0.4, 0.5) is 0 Å². The van der Waals surface area contributed by atoms with Crippen LogP contribution in [0.25, 0.3) is 0 Å². The highest BCUT2D eigenvalue weighted by molar-refractivity contribution is 6.17. The molecule has 0 spiro atoms. The Morgan fingerprint density at radius 3 is 2.46 bits per heavy atom. The van der Waals surface area contributed by atoms with Crippen LogP contribution in [0.1, 0.15) is 18.1 Å². The zero-order valence-corrected chi connectivity index (χ0v) is 7.85. The summed E-state index contributed by atoms with van der Waals surface area (Å²) in [5.74, 6) is 0.337. The number of hydrogen-bond acceptors (Lipinski definition) is 3. The Morgan fingerprint density at radius 2 is 1.92 bits per heavy atom. The van der Waals surface area contributed by atoms with E-state index in [1.165, 1.54) is 0 Å². The smallest absolute Gasteiger partial charge is 0.105 e. The zero-order chi connectivity index (χ0) is 9.68. The maximum Gasteiger partial charge on any atom is 0.105 e. The van der Waals surface area contributed by atoms with Gasteiger partial charge in [-0.1, -0.05) is 0 Å². The average Bonchev–Trinajstić information content (AvgIpc) is 2.18. The molecule has 0 saturated carbocycles. The molecule has 1 rings (SSSR count). The van der Waals surface area contributed by atoms with Gasteiger partial charge in [-0.15, -0.1) is 11.6 Å². The van der Waals surface area contributed by atoms with Crippen molar-refractivity contribution < 1.29 is 10.2 Å². The third kappa shape index (κ3) is 2.95. The van der Waals surface area contributed by atoms with Gasteiger partial charge in [-0.25, -0.2) is 0 Å². The van der Waals surface area contributed by atoms with Crippen LogP contribution >= 0.6 is 11.6 Å². The summed E-state index contributed by atoms with van der Waals surface area (Å²) in [5, 5.41) is 19.0. The molecule has 0 bridgehead atoms. The number of aliphatic hydroxyl groups is 2. The highest BCUT2D eigenvalue weighted by Gasteiger charge is 2.16. The van der Waals surface area contributed by atoms with E-state index >= 15 is 0 Å². The number of nitrogens with zero attached hydrogens (tertiary/aromatic N) is 1. The van der Waals surface area contributed by atoms with Crippen molar-refractivity contribution in [2.45, 2.75) is 18.6 Å². The largest absolute Gasteiger partial charge is 0.390 e. The van der Waals surface area contributed by atoms with Crippen LogP contribution in [-0.4, -0.2) is 27.2 Å². The molecule has 0 aromatic carbocycles. The molecule has 4 heteroatoms. The predicted octanol–water partition coefficient (Wildman–Crippen LogP) is 1.10. The molecular formula is C9H12ClNO2. The number of aliphatic hydroxyl groups excluding tert-OH is 2. The molecule has 2 N–H and O–H groups in total. The fourth-order valence-electron chi connectivity index (χ4n) is 1.05. The van der Waals surface area contributed by atoms with Crippen LogP contribution in [0.15, 0.2) is 24.5 Å². The second-order valence-corrected chi connectivity index (χ2v) is 3.15. The van der Waals surface area contributed by atoms with Gasteiger partial charge in [0.05, 0.1) is 6.10 Å². The summed E-state index contributed by atoms with van der Waals surface area (Å²) in [7, 11) is 0. The maximum absolute atomic E-state index is 9.58. The second-order valence-electron chi connectivity index (χ2n) is 2.77. The Morgan fingerprint density at radius 1 is 1.31 bits per heavy atom. The van der Waals surface area contributed by atoms with Crippen LogP contribution in [-0.2, 0) is 0 Å². The molecule has 2 unspecified atom stereocenters. The van der Waals surface area contributed by atoms with Crippen LogP contribution in [0.2, 0.25) is 0 Å². The number of pyridine rings is 1. The van der Waals surface area contributed by atoms with Gasteiger partial charge in [-0.05, 0) is 24.1 Å².